The van der Waals surface area contributed by atoms with Crippen LogP contribution < -0.4 is 15.4 Å². The van der Waals surface area contributed by atoms with Crippen molar-refractivity contribution in [1.82, 2.24) is 15.6 Å². The number of carbonyl (C=O) groups excluding carboxylic acids is 1. The number of piperidine rings is 1. The molecule has 5 nitrogen and oxygen atoms in total. The highest BCUT2D eigenvalue weighted by molar-refractivity contribution is 7.09. The van der Waals surface area contributed by atoms with Crippen LogP contribution in [0.25, 0.3) is 0 Å². The molecule has 0 radical (unpaired) electrons. The Morgan fingerprint density at radius 1 is 1.44 bits per heavy atom. The first-order chi connectivity index (χ1) is 12.1. The summed E-state index contributed by atoms with van der Waals surface area (Å²) in [5.74, 6) is 1.24. The molecule has 1 saturated heterocycles. The molecule has 2 unspecified atom stereocenters. The lowest BCUT2D eigenvalue weighted by Crippen LogP contribution is -2.48. The predicted molar refractivity (Wildman–Crippen MR) is 100 cm³/mol. The Hall–Kier alpha value is -1.63. The van der Waals surface area contributed by atoms with E-state index in [1.54, 1.807) is 12.1 Å². The molecule has 2 N–H and O–H groups in total. The number of benzene rings is 1. The van der Waals surface area contributed by atoms with E-state index in [2.05, 4.69) is 22.5 Å². The van der Waals surface area contributed by atoms with Crippen LogP contribution in [0.1, 0.15) is 24.0 Å². The van der Waals surface area contributed by atoms with Crippen LogP contribution >= 0.6 is 22.9 Å². The Bertz CT molecular complexity index is 705. The van der Waals surface area contributed by atoms with Gasteiger partial charge >= 0.3 is 0 Å². The van der Waals surface area contributed by atoms with Crippen molar-refractivity contribution >= 4 is 28.8 Å². The fraction of sp³-hybridized carbons (Fsp3) is 0.444. The zero-order chi connectivity index (χ0) is 17.6. The van der Waals surface area contributed by atoms with Gasteiger partial charge in [0, 0.05) is 16.4 Å². The predicted octanol–water partition coefficient (Wildman–Crippen LogP) is 3.03. The first-order valence-corrected chi connectivity index (χ1v) is 9.67. The number of nitrogens with zero attached hydrogens (tertiary/aromatic N) is 1. The molecule has 0 saturated carbocycles. The molecule has 2 atom stereocenters. The molecule has 0 bridgehead atoms. The SMILES string of the molecule is CC1CNCCC1NC(=O)Cc1csc(COc2ccc(Cl)cc2)n1. The van der Waals surface area contributed by atoms with Gasteiger partial charge in [0.1, 0.15) is 17.4 Å². The van der Waals surface area contributed by atoms with Crippen molar-refractivity contribution in [2.45, 2.75) is 32.4 Å². The maximum atomic E-state index is 12.2. The third-order valence-corrected chi connectivity index (χ3v) is 5.37. The molecule has 1 fully saturated rings. The summed E-state index contributed by atoms with van der Waals surface area (Å²) in [7, 11) is 0. The molecule has 0 spiro atoms. The van der Waals surface area contributed by atoms with E-state index in [-0.39, 0.29) is 11.9 Å². The van der Waals surface area contributed by atoms with Crippen molar-refractivity contribution in [3.8, 4) is 5.75 Å². The Labute approximate surface area is 156 Å². The number of hydrogen-bond acceptors (Lipinski definition) is 5. The molecule has 1 amide bonds. The van der Waals surface area contributed by atoms with Crippen LogP contribution in [0.2, 0.25) is 5.02 Å². The summed E-state index contributed by atoms with van der Waals surface area (Å²) < 4.78 is 5.68. The summed E-state index contributed by atoms with van der Waals surface area (Å²) in [6, 6.07) is 7.47. The Kier molecular flexibility index (Phi) is 6.29. The normalized spacial score (nSPS) is 20.2. The molecular weight excluding hydrogens is 358 g/mol. The second-order valence-corrected chi connectivity index (χ2v) is 7.68. The molecule has 1 aromatic heterocycles. The number of nitrogens with one attached hydrogen (secondary N) is 2. The van der Waals surface area contributed by atoms with Crippen molar-refractivity contribution in [1.29, 1.82) is 0 Å². The van der Waals surface area contributed by atoms with E-state index in [1.807, 2.05) is 17.5 Å². The van der Waals surface area contributed by atoms with Gasteiger partial charge in [-0.15, -0.1) is 11.3 Å². The number of amides is 1. The lowest BCUT2D eigenvalue weighted by Gasteiger charge is -2.30. The minimum atomic E-state index is 0.0363. The Morgan fingerprint density at radius 2 is 2.24 bits per heavy atom. The van der Waals surface area contributed by atoms with Crippen LogP contribution in [-0.2, 0) is 17.8 Å². The van der Waals surface area contributed by atoms with Crippen LogP contribution in [0.5, 0.6) is 5.75 Å². The van der Waals surface area contributed by atoms with Crippen molar-refractivity contribution in [2.24, 2.45) is 5.92 Å². The third kappa shape index (κ3) is 5.42. The van der Waals surface area contributed by atoms with Crippen molar-refractivity contribution in [2.75, 3.05) is 13.1 Å². The summed E-state index contributed by atoms with van der Waals surface area (Å²) in [4.78, 5) is 16.7. The number of rotatable bonds is 6. The standard InChI is InChI=1S/C18H22ClN3O2S/c1-12-9-20-7-6-16(12)22-17(23)8-14-11-25-18(21-14)10-24-15-4-2-13(19)3-5-15/h2-5,11-12,16,20H,6-10H2,1H3,(H,22,23). The van der Waals surface area contributed by atoms with E-state index in [4.69, 9.17) is 16.3 Å². The second-order valence-electron chi connectivity index (χ2n) is 6.30. The summed E-state index contributed by atoms with van der Waals surface area (Å²) >= 11 is 7.36. The highest BCUT2D eigenvalue weighted by atomic mass is 35.5. The number of halogens is 1. The van der Waals surface area contributed by atoms with Gasteiger partial charge < -0.3 is 15.4 Å². The van der Waals surface area contributed by atoms with E-state index in [0.717, 1.165) is 36.0 Å². The summed E-state index contributed by atoms with van der Waals surface area (Å²) in [6.45, 7) is 4.46. The monoisotopic (exact) mass is 379 g/mol. The number of aromatic nitrogens is 1. The van der Waals surface area contributed by atoms with Gasteiger partial charge in [0.2, 0.25) is 5.91 Å². The Morgan fingerprint density at radius 3 is 3.00 bits per heavy atom. The van der Waals surface area contributed by atoms with Crippen LogP contribution in [0.4, 0.5) is 0 Å². The van der Waals surface area contributed by atoms with Gasteiger partial charge in [0.25, 0.3) is 0 Å². The summed E-state index contributed by atoms with van der Waals surface area (Å²) in [5, 5.41) is 9.93. The molecule has 1 aliphatic heterocycles. The van der Waals surface area contributed by atoms with Gasteiger partial charge in [0.15, 0.2) is 0 Å². The fourth-order valence-electron chi connectivity index (χ4n) is 2.82. The first-order valence-electron chi connectivity index (χ1n) is 8.42. The molecule has 1 aliphatic rings. The van der Waals surface area contributed by atoms with Gasteiger partial charge in [-0.25, -0.2) is 4.98 Å². The van der Waals surface area contributed by atoms with E-state index in [1.165, 1.54) is 11.3 Å². The van der Waals surface area contributed by atoms with Crippen LogP contribution in [0.3, 0.4) is 0 Å². The highest BCUT2D eigenvalue weighted by Gasteiger charge is 2.22. The van der Waals surface area contributed by atoms with Gasteiger partial charge in [0.05, 0.1) is 12.1 Å². The summed E-state index contributed by atoms with van der Waals surface area (Å²) in [5.41, 5.74) is 0.791. The number of carbonyl (C=O) groups is 1. The molecule has 1 aromatic carbocycles. The quantitative estimate of drug-likeness (QED) is 0.809. The van der Waals surface area contributed by atoms with Crippen molar-refractivity contribution in [3.63, 3.8) is 0 Å². The van der Waals surface area contributed by atoms with E-state index in [0.29, 0.717) is 24.0 Å². The average molecular weight is 380 g/mol. The Balaban J connectivity index is 1.47. The molecule has 134 valence electrons. The molecule has 2 heterocycles. The van der Waals surface area contributed by atoms with Gasteiger partial charge in [-0.2, -0.15) is 0 Å². The lowest BCUT2D eigenvalue weighted by molar-refractivity contribution is -0.121. The molecule has 0 aliphatic carbocycles. The average Bonchev–Trinajstić information content (AvgIpc) is 3.04. The number of ether oxygens (including phenoxy) is 1. The number of thiazole rings is 1. The van der Waals surface area contributed by atoms with Gasteiger partial charge in [-0.1, -0.05) is 18.5 Å². The molecule has 3 rings (SSSR count). The van der Waals surface area contributed by atoms with Crippen LogP contribution in [0, 0.1) is 5.92 Å². The zero-order valence-corrected chi connectivity index (χ0v) is 15.7. The van der Waals surface area contributed by atoms with E-state index < -0.39 is 0 Å². The maximum absolute atomic E-state index is 12.2. The lowest BCUT2D eigenvalue weighted by atomic mass is 9.95. The minimum Gasteiger partial charge on any atom is -0.486 e. The zero-order valence-electron chi connectivity index (χ0n) is 14.1. The van der Waals surface area contributed by atoms with E-state index in [9.17, 15) is 4.79 Å². The summed E-state index contributed by atoms with van der Waals surface area (Å²) in [6.07, 6.45) is 1.29. The number of hydrogen-bond donors (Lipinski definition) is 2. The maximum Gasteiger partial charge on any atom is 0.226 e. The van der Waals surface area contributed by atoms with Crippen LogP contribution in [-0.4, -0.2) is 30.0 Å². The third-order valence-electron chi connectivity index (χ3n) is 4.25. The van der Waals surface area contributed by atoms with Gasteiger partial charge in [-0.3, -0.25) is 4.79 Å². The largest absolute Gasteiger partial charge is 0.486 e. The smallest absolute Gasteiger partial charge is 0.226 e. The molecule has 2 aromatic rings. The molecule has 7 heteroatoms. The molecule has 25 heavy (non-hydrogen) atoms. The topological polar surface area (TPSA) is 63.2 Å². The van der Waals surface area contributed by atoms with Crippen LogP contribution in [0.15, 0.2) is 29.6 Å². The second kappa shape index (κ2) is 8.65. The van der Waals surface area contributed by atoms with Gasteiger partial charge in [-0.05, 0) is 49.7 Å². The van der Waals surface area contributed by atoms with Crippen molar-refractivity contribution < 1.29 is 9.53 Å². The van der Waals surface area contributed by atoms with E-state index >= 15 is 0 Å². The highest BCUT2D eigenvalue weighted by Crippen LogP contribution is 2.18. The first kappa shape index (κ1) is 18.2. The molecular formula is C18H22ClN3O2S. The van der Waals surface area contributed by atoms with Crippen molar-refractivity contribution in [3.05, 3.63) is 45.4 Å². The fourth-order valence-corrected chi connectivity index (χ4v) is 3.65. The minimum absolute atomic E-state index is 0.0363.